The maximum atomic E-state index is 12.4. The Morgan fingerprint density at radius 2 is 1.93 bits per heavy atom. The van der Waals surface area contributed by atoms with Gasteiger partial charge in [0.25, 0.3) is 0 Å². The molecule has 148 valence electrons. The number of halogens is 1. The summed E-state index contributed by atoms with van der Waals surface area (Å²) in [6, 6.07) is 10.3. The minimum atomic E-state index is -0.232. The van der Waals surface area contributed by atoms with Gasteiger partial charge in [-0.25, -0.2) is 0 Å². The van der Waals surface area contributed by atoms with Crippen LogP contribution in [0.5, 0.6) is 0 Å². The molecule has 7 heteroatoms. The second-order valence-corrected chi connectivity index (χ2v) is 8.70. The molecule has 1 saturated heterocycles. The van der Waals surface area contributed by atoms with E-state index < -0.39 is 0 Å². The van der Waals surface area contributed by atoms with E-state index in [9.17, 15) is 4.79 Å². The van der Waals surface area contributed by atoms with E-state index in [1.165, 1.54) is 16.9 Å². The molecule has 1 atom stereocenters. The number of piperidine rings is 1. The van der Waals surface area contributed by atoms with E-state index in [1.807, 2.05) is 18.2 Å². The molecule has 3 rings (SSSR count). The van der Waals surface area contributed by atoms with Gasteiger partial charge in [0.1, 0.15) is 5.01 Å². The van der Waals surface area contributed by atoms with Gasteiger partial charge in [-0.15, -0.1) is 22.6 Å². The fourth-order valence-electron chi connectivity index (χ4n) is 3.55. The number of carbonyl (C=O) groups is 1. The van der Waals surface area contributed by atoms with E-state index in [2.05, 4.69) is 53.7 Å². The quantitative estimate of drug-likeness (QED) is 0.749. The van der Waals surface area contributed by atoms with Gasteiger partial charge in [-0.05, 0) is 57.2 Å². The Balaban J connectivity index is 0.00000261. The summed E-state index contributed by atoms with van der Waals surface area (Å²) in [5, 5.41) is 16.3. The number of rotatable bonds is 6. The topological polar surface area (TPSA) is 66.9 Å². The predicted octanol–water partition coefficient (Wildman–Crippen LogP) is 4.25. The van der Waals surface area contributed by atoms with Crippen LogP contribution in [0.15, 0.2) is 30.3 Å². The molecule has 2 N–H and O–H groups in total. The number of carbonyl (C=O) groups excluding carboxylic acids is 1. The lowest BCUT2D eigenvalue weighted by Gasteiger charge is -2.27. The van der Waals surface area contributed by atoms with Gasteiger partial charge in [0.2, 0.25) is 11.0 Å². The van der Waals surface area contributed by atoms with Crippen LogP contribution in [0.2, 0.25) is 0 Å². The first kappa shape index (κ1) is 21.8. The van der Waals surface area contributed by atoms with Crippen molar-refractivity contribution in [3.63, 3.8) is 0 Å². The highest BCUT2D eigenvalue weighted by molar-refractivity contribution is 7.15. The first-order chi connectivity index (χ1) is 12.5. The molecule has 1 aliphatic heterocycles. The van der Waals surface area contributed by atoms with Gasteiger partial charge in [0.15, 0.2) is 0 Å². The third-order valence-corrected chi connectivity index (χ3v) is 6.56. The molecule has 0 bridgehead atoms. The minimum Gasteiger partial charge on any atom is -0.317 e. The van der Waals surface area contributed by atoms with Crippen LogP contribution in [-0.4, -0.2) is 29.2 Å². The Morgan fingerprint density at radius 1 is 1.26 bits per heavy atom. The maximum absolute atomic E-state index is 12.4. The van der Waals surface area contributed by atoms with Gasteiger partial charge in [-0.1, -0.05) is 48.6 Å². The monoisotopic (exact) mass is 408 g/mol. The number of nitrogens with zero attached hydrogens (tertiary/aromatic N) is 2. The molecule has 0 aliphatic carbocycles. The number of hydrogen-bond acceptors (Lipinski definition) is 5. The van der Waals surface area contributed by atoms with Crippen LogP contribution in [0.1, 0.15) is 50.6 Å². The molecule has 1 fully saturated rings. The van der Waals surface area contributed by atoms with Gasteiger partial charge in [0.05, 0.1) is 0 Å². The summed E-state index contributed by atoms with van der Waals surface area (Å²) in [5.41, 5.74) is 0.957. The first-order valence-electron chi connectivity index (χ1n) is 9.37. The molecule has 0 radical (unpaired) electrons. The Hall–Kier alpha value is -1.50. The zero-order valence-electron chi connectivity index (χ0n) is 16.2. The van der Waals surface area contributed by atoms with Gasteiger partial charge < -0.3 is 10.6 Å². The Kier molecular flexibility index (Phi) is 7.77. The van der Waals surface area contributed by atoms with Gasteiger partial charge in [-0.2, -0.15) is 0 Å². The molecule has 1 unspecified atom stereocenters. The summed E-state index contributed by atoms with van der Waals surface area (Å²) in [7, 11) is 0. The highest BCUT2D eigenvalue weighted by Crippen LogP contribution is 2.34. The normalized spacial score (nSPS) is 16.4. The number of anilines is 1. The van der Waals surface area contributed by atoms with E-state index in [1.54, 1.807) is 0 Å². The molecule has 1 aliphatic rings. The Morgan fingerprint density at radius 3 is 2.59 bits per heavy atom. The van der Waals surface area contributed by atoms with Crippen molar-refractivity contribution in [1.29, 1.82) is 0 Å². The Bertz CT molecular complexity index is 729. The van der Waals surface area contributed by atoms with Crippen LogP contribution in [0, 0.1) is 11.8 Å². The van der Waals surface area contributed by atoms with Crippen LogP contribution in [0.4, 0.5) is 5.13 Å². The van der Waals surface area contributed by atoms with Crippen molar-refractivity contribution in [2.75, 3.05) is 18.4 Å². The largest absolute Gasteiger partial charge is 0.317 e. The highest BCUT2D eigenvalue weighted by atomic mass is 35.5. The average Bonchev–Trinajstić information content (AvgIpc) is 3.12. The fourth-order valence-corrected chi connectivity index (χ4v) is 4.43. The summed E-state index contributed by atoms with van der Waals surface area (Å²) >= 11 is 1.46. The van der Waals surface area contributed by atoms with Crippen molar-refractivity contribution < 1.29 is 4.79 Å². The van der Waals surface area contributed by atoms with Crippen molar-refractivity contribution in [1.82, 2.24) is 15.5 Å². The molecular formula is C20H29ClN4OS. The molecule has 5 nitrogen and oxygen atoms in total. The van der Waals surface area contributed by atoms with E-state index in [-0.39, 0.29) is 23.7 Å². The number of aromatic nitrogens is 2. The summed E-state index contributed by atoms with van der Waals surface area (Å²) < 4.78 is 0. The molecule has 27 heavy (non-hydrogen) atoms. The maximum Gasteiger partial charge on any atom is 0.226 e. The van der Waals surface area contributed by atoms with E-state index >= 15 is 0 Å². The molecular weight excluding hydrogens is 380 g/mol. The summed E-state index contributed by atoms with van der Waals surface area (Å²) in [6.07, 6.45) is 2.85. The summed E-state index contributed by atoms with van der Waals surface area (Å²) in [5.74, 6) is 1.06. The molecule has 1 amide bonds. The number of amides is 1. The second-order valence-electron chi connectivity index (χ2n) is 7.72. The Labute approximate surface area is 171 Å². The molecule has 1 aromatic carbocycles. The van der Waals surface area contributed by atoms with Crippen LogP contribution in [0.3, 0.4) is 0 Å². The van der Waals surface area contributed by atoms with Crippen molar-refractivity contribution in [3.8, 4) is 0 Å². The fraction of sp³-hybridized carbons (Fsp3) is 0.550. The molecule has 0 saturated carbocycles. The van der Waals surface area contributed by atoms with Crippen LogP contribution >= 0.6 is 23.7 Å². The lowest BCUT2D eigenvalue weighted by atomic mass is 9.84. The third-order valence-electron chi connectivity index (χ3n) is 5.40. The van der Waals surface area contributed by atoms with Crippen molar-refractivity contribution in [2.24, 2.45) is 11.8 Å². The molecule has 0 spiro atoms. The van der Waals surface area contributed by atoms with Crippen molar-refractivity contribution in [3.05, 3.63) is 40.9 Å². The lowest BCUT2D eigenvalue weighted by molar-refractivity contribution is -0.117. The lowest BCUT2D eigenvalue weighted by Crippen LogP contribution is -2.32. The summed E-state index contributed by atoms with van der Waals surface area (Å²) in [4.78, 5) is 12.4. The van der Waals surface area contributed by atoms with Crippen molar-refractivity contribution >= 4 is 34.8 Å². The van der Waals surface area contributed by atoms with Crippen LogP contribution in [-0.2, 0) is 10.2 Å². The standard InChI is InChI=1S/C20H28N4OS.ClH/c1-14(15-9-11-21-12-10-15)13-17(25)22-19-24-23-18(26-19)20(2,3)16-7-5-4-6-8-16;/h4-8,14-15,21H,9-13H2,1-3H3,(H,22,24,25);1H. The minimum absolute atomic E-state index is 0. The molecule has 2 aromatic rings. The molecule has 1 aromatic heterocycles. The van der Waals surface area contributed by atoms with Crippen LogP contribution in [0.25, 0.3) is 0 Å². The third kappa shape index (κ3) is 5.50. The number of benzene rings is 1. The first-order valence-corrected chi connectivity index (χ1v) is 10.2. The second kappa shape index (κ2) is 9.62. The van der Waals surface area contributed by atoms with E-state index in [0.29, 0.717) is 23.4 Å². The van der Waals surface area contributed by atoms with Gasteiger partial charge in [0, 0.05) is 11.8 Å². The molecule has 2 heterocycles. The number of nitrogens with one attached hydrogen (secondary N) is 2. The van der Waals surface area contributed by atoms with E-state index in [0.717, 1.165) is 30.9 Å². The van der Waals surface area contributed by atoms with Crippen molar-refractivity contribution in [2.45, 2.75) is 45.4 Å². The SMILES string of the molecule is CC(CC(=O)Nc1nnc(C(C)(C)c2ccccc2)s1)C1CCNCC1.Cl. The highest BCUT2D eigenvalue weighted by Gasteiger charge is 2.28. The van der Waals surface area contributed by atoms with Gasteiger partial charge >= 0.3 is 0 Å². The summed E-state index contributed by atoms with van der Waals surface area (Å²) in [6.45, 7) is 8.57. The average molecular weight is 409 g/mol. The van der Waals surface area contributed by atoms with Crippen LogP contribution < -0.4 is 10.6 Å². The predicted molar refractivity (Wildman–Crippen MR) is 114 cm³/mol. The zero-order chi connectivity index (χ0) is 18.6. The zero-order valence-corrected chi connectivity index (χ0v) is 17.8. The van der Waals surface area contributed by atoms with E-state index in [4.69, 9.17) is 0 Å². The van der Waals surface area contributed by atoms with Gasteiger partial charge in [-0.3, -0.25) is 4.79 Å². The number of hydrogen-bond donors (Lipinski definition) is 2. The smallest absolute Gasteiger partial charge is 0.226 e.